The molecular formula is C8H7ClFN5. The Morgan fingerprint density at radius 1 is 1.53 bits per heavy atom. The molecule has 0 fully saturated rings. The predicted octanol–water partition coefficient (Wildman–Crippen LogP) is 1.35. The van der Waals surface area contributed by atoms with Crippen LogP contribution < -0.4 is 5.73 Å². The number of anilines is 1. The Kier molecular flexibility index (Phi) is 2.28. The van der Waals surface area contributed by atoms with Gasteiger partial charge in [-0.3, -0.25) is 0 Å². The molecule has 2 heterocycles. The van der Waals surface area contributed by atoms with Crippen molar-refractivity contribution >= 4 is 17.5 Å². The van der Waals surface area contributed by atoms with E-state index in [-0.39, 0.29) is 11.8 Å². The molecule has 0 bridgehead atoms. The van der Waals surface area contributed by atoms with Crippen LogP contribution in [0.15, 0.2) is 12.4 Å². The Bertz CT molecular complexity index is 490. The first kappa shape index (κ1) is 9.85. The van der Waals surface area contributed by atoms with Gasteiger partial charge in [0.15, 0.2) is 11.6 Å². The molecule has 0 aromatic carbocycles. The molecule has 78 valence electrons. The number of rotatable bonds is 1. The van der Waals surface area contributed by atoms with Gasteiger partial charge in [0.1, 0.15) is 0 Å². The maximum atomic E-state index is 13.3. The van der Waals surface area contributed by atoms with Crippen LogP contribution in [0.1, 0.15) is 5.69 Å². The Balaban J connectivity index is 2.58. The van der Waals surface area contributed by atoms with Crippen LogP contribution >= 0.6 is 11.6 Å². The summed E-state index contributed by atoms with van der Waals surface area (Å²) >= 11 is 5.79. The summed E-state index contributed by atoms with van der Waals surface area (Å²) in [6.45, 7) is 1.71. The van der Waals surface area contributed by atoms with Gasteiger partial charge in [-0.2, -0.15) is 10.1 Å². The fraction of sp³-hybridized carbons (Fsp3) is 0.125. The molecule has 0 saturated heterocycles. The number of aromatic nitrogens is 4. The van der Waals surface area contributed by atoms with E-state index in [2.05, 4.69) is 15.1 Å². The van der Waals surface area contributed by atoms with Crippen LogP contribution in [0.4, 0.5) is 10.3 Å². The van der Waals surface area contributed by atoms with E-state index in [9.17, 15) is 4.39 Å². The number of nitrogens with zero attached hydrogens (tertiary/aromatic N) is 4. The number of hydrogen-bond acceptors (Lipinski definition) is 4. The molecule has 0 aliphatic rings. The lowest BCUT2D eigenvalue weighted by molar-refractivity contribution is 0.593. The van der Waals surface area contributed by atoms with Crippen LogP contribution in [0, 0.1) is 12.7 Å². The van der Waals surface area contributed by atoms with Crippen molar-refractivity contribution in [3.63, 3.8) is 0 Å². The molecule has 2 rings (SSSR count). The van der Waals surface area contributed by atoms with Crippen LogP contribution in [-0.4, -0.2) is 19.7 Å². The molecule has 0 aliphatic heterocycles. The zero-order valence-corrected chi connectivity index (χ0v) is 8.53. The molecule has 0 aliphatic carbocycles. The highest BCUT2D eigenvalue weighted by Crippen LogP contribution is 2.16. The average Bonchev–Trinajstić information content (AvgIpc) is 2.51. The van der Waals surface area contributed by atoms with Crippen molar-refractivity contribution in [1.82, 2.24) is 19.7 Å². The first-order chi connectivity index (χ1) is 7.08. The minimum atomic E-state index is -0.608. The van der Waals surface area contributed by atoms with Gasteiger partial charge < -0.3 is 5.73 Å². The maximum absolute atomic E-state index is 13.3. The second-order valence-electron chi connectivity index (χ2n) is 2.91. The van der Waals surface area contributed by atoms with Gasteiger partial charge in [0.05, 0.1) is 23.1 Å². The molecule has 0 saturated carbocycles. The van der Waals surface area contributed by atoms with Crippen LogP contribution in [0.2, 0.25) is 5.02 Å². The number of aryl methyl sites for hydroxylation is 1. The van der Waals surface area contributed by atoms with Crippen molar-refractivity contribution in [3.05, 3.63) is 28.9 Å². The van der Waals surface area contributed by atoms with E-state index >= 15 is 0 Å². The summed E-state index contributed by atoms with van der Waals surface area (Å²) in [5, 5.41) is 4.42. The van der Waals surface area contributed by atoms with Crippen molar-refractivity contribution < 1.29 is 4.39 Å². The Morgan fingerprint density at radius 2 is 2.27 bits per heavy atom. The molecule has 15 heavy (non-hydrogen) atoms. The van der Waals surface area contributed by atoms with Crippen molar-refractivity contribution in [2.45, 2.75) is 6.92 Å². The van der Waals surface area contributed by atoms with Crippen LogP contribution in [0.5, 0.6) is 0 Å². The van der Waals surface area contributed by atoms with Crippen molar-refractivity contribution in [2.75, 3.05) is 5.73 Å². The van der Waals surface area contributed by atoms with E-state index in [1.54, 1.807) is 6.92 Å². The zero-order valence-electron chi connectivity index (χ0n) is 7.78. The third-order valence-corrected chi connectivity index (χ3v) is 2.17. The van der Waals surface area contributed by atoms with Gasteiger partial charge in [0.25, 0.3) is 0 Å². The molecule has 0 spiro atoms. The lowest BCUT2D eigenvalue weighted by Crippen LogP contribution is -2.06. The molecule has 0 radical (unpaired) electrons. The summed E-state index contributed by atoms with van der Waals surface area (Å²) in [5.74, 6) is -0.642. The molecule has 0 atom stereocenters. The molecule has 2 aromatic rings. The van der Waals surface area contributed by atoms with E-state index in [0.717, 1.165) is 6.20 Å². The molecular weight excluding hydrogens is 221 g/mol. The minimum Gasteiger partial charge on any atom is -0.368 e. The monoisotopic (exact) mass is 227 g/mol. The summed E-state index contributed by atoms with van der Waals surface area (Å²) in [6, 6.07) is 0. The third kappa shape index (κ3) is 1.75. The quantitative estimate of drug-likeness (QED) is 0.798. The first-order valence-electron chi connectivity index (χ1n) is 4.08. The van der Waals surface area contributed by atoms with Gasteiger partial charge in [-0.15, -0.1) is 0 Å². The van der Waals surface area contributed by atoms with Crippen molar-refractivity contribution in [3.8, 4) is 5.82 Å². The fourth-order valence-electron chi connectivity index (χ4n) is 1.08. The van der Waals surface area contributed by atoms with Gasteiger partial charge >= 0.3 is 0 Å². The topological polar surface area (TPSA) is 69.6 Å². The van der Waals surface area contributed by atoms with Gasteiger partial charge in [-0.1, -0.05) is 11.6 Å². The van der Waals surface area contributed by atoms with Gasteiger partial charge in [0.2, 0.25) is 5.95 Å². The number of nitrogen functional groups attached to an aromatic ring is 1. The van der Waals surface area contributed by atoms with Crippen LogP contribution in [0.3, 0.4) is 0 Å². The highest BCUT2D eigenvalue weighted by molar-refractivity contribution is 6.31. The van der Waals surface area contributed by atoms with E-state index in [1.165, 1.54) is 10.9 Å². The second kappa shape index (κ2) is 3.47. The molecule has 2 aromatic heterocycles. The summed E-state index contributed by atoms with van der Waals surface area (Å²) in [5.41, 5.74) is 5.94. The molecule has 5 nitrogen and oxygen atoms in total. The van der Waals surface area contributed by atoms with Gasteiger partial charge in [-0.25, -0.2) is 14.1 Å². The summed E-state index contributed by atoms with van der Waals surface area (Å²) in [6.07, 6.45) is 2.45. The summed E-state index contributed by atoms with van der Waals surface area (Å²) < 4.78 is 14.5. The lowest BCUT2D eigenvalue weighted by atomic mass is 10.5. The Hall–Kier alpha value is -1.69. The highest BCUT2D eigenvalue weighted by atomic mass is 35.5. The number of nitrogens with two attached hydrogens (primary N) is 1. The zero-order chi connectivity index (χ0) is 11.0. The summed E-state index contributed by atoms with van der Waals surface area (Å²) in [4.78, 5) is 7.24. The Morgan fingerprint density at radius 3 is 2.87 bits per heavy atom. The molecule has 2 N–H and O–H groups in total. The smallest absolute Gasteiger partial charge is 0.222 e. The predicted molar refractivity (Wildman–Crippen MR) is 53.3 cm³/mol. The van der Waals surface area contributed by atoms with Crippen molar-refractivity contribution in [2.24, 2.45) is 0 Å². The highest BCUT2D eigenvalue weighted by Gasteiger charge is 2.10. The standard InChI is InChI=1S/C8H7ClFN5/c1-4-5(9)3-15(14-4)7-6(10)2-12-8(11)13-7/h2-3H,1H3,(H2,11,12,13). The minimum absolute atomic E-state index is 0.0162. The maximum Gasteiger partial charge on any atom is 0.222 e. The van der Waals surface area contributed by atoms with E-state index < -0.39 is 5.82 Å². The molecule has 0 amide bonds. The lowest BCUT2D eigenvalue weighted by Gasteiger charge is -2.01. The second-order valence-corrected chi connectivity index (χ2v) is 3.31. The van der Waals surface area contributed by atoms with E-state index in [1.807, 2.05) is 0 Å². The van der Waals surface area contributed by atoms with Crippen LogP contribution in [-0.2, 0) is 0 Å². The van der Waals surface area contributed by atoms with E-state index in [4.69, 9.17) is 17.3 Å². The molecule has 7 heteroatoms. The normalized spacial score (nSPS) is 10.6. The van der Waals surface area contributed by atoms with E-state index in [0.29, 0.717) is 10.7 Å². The third-order valence-electron chi connectivity index (χ3n) is 1.80. The fourth-order valence-corrected chi connectivity index (χ4v) is 1.21. The summed E-state index contributed by atoms with van der Waals surface area (Å²) in [7, 11) is 0. The van der Waals surface area contributed by atoms with Crippen LogP contribution in [0.25, 0.3) is 5.82 Å². The average molecular weight is 228 g/mol. The SMILES string of the molecule is Cc1nn(-c2nc(N)ncc2F)cc1Cl. The van der Waals surface area contributed by atoms with Crippen molar-refractivity contribution in [1.29, 1.82) is 0 Å². The Labute approximate surface area is 89.7 Å². The van der Waals surface area contributed by atoms with Gasteiger partial charge in [-0.05, 0) is 6.92 Å². The van der Waals surface area contributed by atoms with Gasteiger partial charge in [0, 0.05) is 0 Å². The number of halogens is 2. The largest absolute Gasteiger partial charge is 0.368 e. The molecule has 0 unspecified atom stereocenters. The number of hydrogen-bond donors (Lipinski definition) is 1. The first-order valence-corrected chi connectivity index (χ1v) is 4.46.